The lowest BCUT2D eigenvalue weighted by Crippen LogP contribution is -2.48. The third-order valence-electron chi connectivity index (χ3n) is 4.88. The molecule has 0 saturated carbocycles. The van der Waals surface area contributed by atoms with Gasteiger partial charge >= 0.3 is 0 Å². The Morgan fingerprint density at radius 2 is 1.90 bits per heavy atom. The maximum atomic E-state index is 13.0. The van der Waals surface area contributed by atoms with Gasteiger partial charge < -0.3 is 10.2 Å². The van der Waals surface area contributed by atoms with Gasteiger partial charge in [0.15, 0.2) is 0 Å². The maximum absolute atomic E-state index is 13.0. The van der Waals surface area contributed by atoms with Crippen LogP contribution in [0.25, 0.3) is 0 Å². The first-order chi connectivity index (χ1) is 13.6. The Kier molecular flexibility index (Phi) is 6.42. The molecule has 3 rings (SSSR count). The predicted molar refractivity (Wildman–Crippen MR) is 116 cm³/mol. The molecule has 9 heteroatoms. The number of carbonyl (C=O) groups is 1. The highest BCUT2D eigenvalue weighted by Gasteiger charge is 2.28. The Hall–Kier alpha value is -1.81. The molecule has 0 radical (unpaired) electrons. The standard InChI is InChI=1S/C20H28N4O3S2/c1-5-23-9-11-24(12-10-23)29(26,27)16-8-6-7-15(13-16)22-18(25)17-14-21-19(28-17)20(2,3)4/h6-8,13-14H,5,9-12H2,1-4H3,(H,22,25). The molecule has 1 fully saturated rings. The fourth-order valence-corrected chi connectivity index (χ4v) is 5.43. The van der Waals surface area contributed by atoms with Crippen molar-refractivity contribution in [3.63, 3.8) is 0 Å². The predicted octanol–water partition coefficient (Wildman–Crippen LogP) is 3.02. The molecule has 158 valence electrons. The van der Waals surface area contributed by atoms with Crippen molar-refractivity contribution < 1.29 is 13.2 Å². The lowest BCUT2D eigenvalue weighted by Gasteiger charge is -2.33. The van der Waals surface area contributed by atoms with Gasteiger partial charge in [-0.05, 0) is 24.7 Å². The smallest absolute Gasteiger partial charge is 0.267 e. The van der Waals surface area contributed by atoms with E-state index in [1.54, 1.807) is 24.4 Å². The van der Waals surface area contributed by atoms with Crippen LogP contribution >= 0.6 is 11.3 Å². The number of likely N-dealkylation sites (N-methyl/N-ethyl adjacent to an activating group) is 1. The number of carbonyl (C=O) groups excluding carboxylic acids is 1. The van der Waals surface area contributed by atoms with Crippen molar-refractivity contribution in [3.8, 4) is 0 Å². The maximum Gasteiger partial charge on any atom is 0.267 e. The van der Waals surface area contributed by atoms with E-state index in [1.165, 1.54) is 21.7 Å². The number of nitrogens with one attached hydrogen (secondary N) is 1. The molecule has 1 aliphatic rings. The average Bonchev–Trinajstić information content (AvgIpc) is 3.19. The number of rotatable bonds is 5. The summed E-state index contributed by atoms with van der Waals surface area (Å²) < 4.78 is 27.5. The molecule has 2 aromatic rings. The highest BCUT2D eigenvalue weighted by atomic mass is 32.2. The second-order valence-corrected chi connectivity index (χ2v) is 11.1. The van der Waals surface area contributed by atoms with E-state index < -0.39 is 10.0 Å². The van der Waals surface area contributed by atoms with Crippen LogP contribution in [0.4, 0.5) is 5.69 Å². The summed E-state index contributed by atoms with van der Waals surface area (Å²) in [5.74, 6) is -0.288. The van der Waals surface area contributed by atoms with Gasteiger partial charge in [-0.2, -0.15) is 4.31 Å². The Bertz CT molecular complexity index is 972. The van der Waals surface area contributed by atoms with Gasteiger partial charge in [-0.15, -0.1) is 11.3 Å². The van der Waals surface area contributed by atoms with Gasteiger partial charge in [0.1, 0.15) is 4.88 Å². The average molecular weight is 437 g/mol. The van der Waals surface area contributed by atoms with Gasteiger partial charge in [0.2, 0.25) is 10.0 Å². The summed E-state index contributed by atoms with van der Waals surface area (Å²) in [5.41, 5.74) is 0.327. The summed E-state index contributed by atoms with van der Waals surface area (Å²) in [6, 6.07) is 6.43. The molecule has 1 saturated heterocycles. The summed E-state index contributed by atoms with van der Waals surface area (Å²) in [7, 11) is -3.59. The Morgan fingerprint density at radius 3 is 2.48 bits per heavy atom. The van der Waals surface area contributed by atoms with Crippen LogP contribution in [0.5, 0.6) is 0 Å². The van der Waals surface area contributed by atoms with E-state index in [4.69, 9.17) is 0 Å². The van der Waals surface area contributed by atoms with Gasteiger partial charge in [0.05, 0.1) is 16.1 Å². The van der Waals surface area contributed by atoms with Gasteiger partial charge in [-0.1, -0.05) is 33.8 Å². The zero-order chi connectivity index (χ0) is 21.2. The van der Waals surface area contributed by atoms with E-state index >= 15 is 0 Å². The minimum atomic E-state index is -3.59. The number of nitrogens with zero attached hydrogens (tertiary/aromatic N) is 3. The van der Waals surface area contributed by atoms with Crippen LogP contribution in [0.2, 0.25) is 0 Å². The minimum absolute atomic E-state index is 0.126. The Morgan fingerprint density at radius 1 is 1.21 bits per heavy atom. The van der Waals surface area contributed by atoms with Crippen LogP contribution in [-0.2, 0) is 15.4 Å². The Balaban J connectivity index is 1.74. The van der Waals surface area contributed by atoms with Crippen molar-refractivity contribution in [1.82, 2.24) is 14.2 Å². The molecule has 0 unspecified atom stereocenters. The van der Waals surface area contributed by atoms with Gasteiger partial charge in [0.25, 0.3) is 5.91 Å². The van der Waals surface area contributed by atoms with Crippen LogP contribution in [0.3, 0.4) is 0 Å². The fraction of sp³-hybridized carbons (Fsp3) is 0.500. The fourth-order valence-electron chi connectivity index (χ4n) is 3.09. The third-order valence-corrected chi connectivity index (χ3v) is 8.20. The molecule has 1 aliphatic heterocycles. The molecule has 0 aliphatic carbocycles. The van der Waals surface area contributed by atoms with Crippen LogP contribution in [0.1, 0.15) is 42.4 Å². The molecule has 2 heterocycles. The van der Waals surface area contributed by atoms with Crippen LogP contribution < -0.4 is 5.32 Å². The van der Waals surface area contributed by atoms with Crippen molar-refractivity contribution in [2.24, 2.45) is 0 Å². The van der Waals surface area contributed by atoms with Crippen LogP contribution in [0, 0.1) is 0 Å². The lowest BCUT2D eigenvalue weighted by molar-refractivity contribution is 0.103. The van der Waals surface area contributed by atoms with Gasteiger partial charge in [-0.25, -0.2) is 13.4 Å². The zero-order valence-electron chi connectivity index (χ0n) is 17.3. The molecule has 29 heavy (non-hydrogen) atoms. The summed E-state index contributed by atoms with van der Waals surface area (Å²) >= 11 is 1.35. The lowest BCUT2D eigenvalue weighted by atomic mass is 9.98. The molecule has 0 atom stereocenters. The molecular formula is C20H28N4O3S2. The largest absolute Gasteiger partial charge is 0.321 e. The highest BCUT2D eigenvalue weighted by Crippen LogP contribution is 2.27. The SMILES string of the molecule is CCN1CCN(S(=O)(=O)c2cccc(NC(=O)c3cnc(C(C)(C)C)s3)c2)CC1. The molecule has 1 aromatic carbocycles. The minimum Gasteiger partial charge on any atom is -0.321 e. The summed E-state index contributed by atoms with van der Waals surface area (Å²) in [5, 5.41) is 3.67. The van der Waals surface area contributed by atoms with Crippen molar-refractivity contribution in [2.45, 2.75) is 38.0 Å². The molecular weight excluding hydrogens is 408 g/mol. The van der Waals surface area contributed by atoms with Crippen molar-refractivity contribution in [2.75, 3.05) is 38.0 Å². The number of sulfonamides is 1. The molecule has 1 N–H and O–H groups in total. The number of hydrogen-bond donors (Lipinski definition) is 1. The highest BCUT2D eigenvalue weighted by molar-refractivity contribution is 7.89. The summed E-state index contributed by atoms with van der Waals surface area (Å²) in [6.45, 7) is 11.5. The quantitative estimate of drug-likeness (QED) is 0.779. The topological polar surface area (TPSA) is 82.6 Å². The first-order valence-electron chi connectivity index (χ1n) is 9.71. The van der Waals surface area contributed by atoms with E-state index in [2.05, 4.69) is 22.1 Å². The van der Waals surface area contributed by atoms with Crippen molar-refractivity contribution in [1.29, 1.82) is 0 Å². The second kappa shape index (κ2) is 8.51. The van der Waals surface area contributed by atoms with E-state index in [9.17, 15) is 13.2 Å². The first-order valence-corrected chi connectivity index (χ1v) is 12.0. The summed E-state index contributed by atoms with van der Waals surface area (Å²) in [6.07, 6.45) is 1.56. The van der Waals surface area contributed by atoms with Crippen molar-refractivity contribution in [3.05, 3.63) is 40.3 Å². The molecule has 1 amide bonds. The van der Waals surface area contributed by atoms with Crippen molar-refractivity contribution >= 4 is 33.0 Å². The summed E-state index contributed by atoms with van der Waals surface area (Å²) in [4.78, 5) is 19.8. The van der Waals surface area contributed by atoms with E-state index in [1.807, 2.05) is 20.8 Å². The molecule has 1 aromatic heterocycles. The number of benzene rings is 1. The second-order valence-electron chi connectivity index (χ2n) is 8.10. The number of aromatic nitrogens is 1. The van der Waals surface area contributed by atoms with Gasteiger partial charge in [0, 0.05) is 37.3 Å². The third kappa shape index (κ3) is 5.03. The zero-order valence-corrected chi connectivity index (χ0v) is 18.9. The number of amides is 1. The monoisotopic (exact) mass is 436 g/mol. The molecule has 0 spiro atoms. The van der Waals surface area contributed by atoms with Crippen LogP contribution in [-0.4, -0.2) is 61.2 Å². The molecule has 7 nitrogen and oxygen atoms in total. The van der Waals surface area contributed by atoms with E-state index in [0.717, 1.165) is 24.6 Å². The number of hydrogen-bond acceptors (Lipinski definition) is 6. The first kappa shape index (κ1) is 21.9. The van der Waals surface area contributed by atoms with Gasteiger partial charge in [-0.3, -0.25) is 4.79 Å². The number of anilines is 1. The number of piperazine rings is 1. The van der Waals surface area contributed by atoms with E-state index in [-0.39, 0.29) is 16.2 Å². The number of thiazole rings is 1. The molecule has 0 bridgehead atoms. The Labute approximate surface area is 176 Å². The van der Waals surface area contributed by atoms with E-state index in [0.29, 0.717) is 23.7 Å². The van der Waals surface area contributed by atoms with Crippen LogP contribution in [0.15, 0.2) is 35.4 Å². The normalized spacial score (nSPS) is 16.7.